The van der Waals surface area contributed by atoms with Gasteiger partial charge in [0.25, 0.3) is 5.91 Å². The van der Waals surface area contributed by atoms with E-state index in [4.69, 9.17) is 4.74 Å². The van der Waals surface area contributed by atoms with Gasteiger partial charge in [0, 0.05) is 45.3 Å². The molecule has 2 aliphatic heterocycles. The summed E-state index contributed by atoms with van der Waals surface area (Å²) in [6.45, 7) is 0.836. The third kappa shape index (κ3) is 6.88. The summed E-state index contributed by atoms with van der Waals surface area (Å²) in [7, 11) is 1.39. The summed E-state index contributed by atoms with van der Waals surface area (Å²) in [4.78, 5) is 43.1. The van der Waals surface area contributed by atoms with E-state index in [1.165, 1.54) is 25.3 Å². The maximum absolute atomic E-state index is 13.8. The molecule has 2 heterocycles. The number of alkyl halides is 6. The molecule has 42 heavy (non-hydrogen) atoms. The number of ether oxygens (including phenoxy) is 1. The van der Waals surface area contributed by atoms with Crippen LogP contribution in [-0.4, -0.2) is 67.4 Å². The number of carbonyl (C=O) groups excluding carboxylic acids is 3. The van der Waals surface area contributed by atoms with Crippen molar-refractivity contribution in [2.75, 3.05) is 39.9 Å². The second kappa shape index (κ2) is 12.7. The fourth-order valence-electron chi connectivity index (χ4n) is 5.55. The minimum atomic E-state index is -5.14. The summed E-state index contributed by atoms with van der Waals surface area (Å²) in [6.07, 6.45) is -7.93. The Morgan fingerprint density at radius 3 is 2.17 bits per heavy atom. The van der Waals surface area contributed by atoms with Crippen LogP contribution in [0, 0.1) is 0 Å². The number of likely N-dealkylation sites (tertiary alicyclic amines) is 1. The molecule has 2 aliphatic rings. The number of fused-ring (bicyclic) bond motifs is 1. The lowest BCUT2D eigenvalue weighted by molar-refractivity contribution is -0.143. The Hall–Kier alpha value is -3.61. The van der Waals surface area contributed by atoms with Crippen molar-refractivity contribution < 1.29 is 45.5 Å². The summed E-state index contributed by atoms with van der Waals surface area (Å²) in [6, 6.07) is 5.48. The maximum atomic E-state index is 13.8. The van der Waals surface area contributed by atoms with Crippen LogP contribution in [0.1, 0.15) is 70.3 Å². The molecule has 0 bridgehead atoms. The van der Waals surface area contributed by atoms with Gasteiger partial charge < -0.3 is 19.9 Å². The first-order valence-electron chi connectivity index (χ1n) is 13.6. The molecule has 1 saturated heterocycles. The van der Waals surface area contributed by atoms with Crippen molar-refractivity contribution in [2.24, 2.45) is 0 Å². The van der Waals surface area contributed by atoms with Crippen molar-refractivity contribution in [1.29, 1.82) is 0 Å². The number of carbonyl (C=O) groups is 3. The highest BCUT2D eigenvalue weighted by Gasteiger charge is 2.46. The largest absolute Gasteiger partial charge is 0.416 e. The predicted molar refractivity (Wildman–Crippen MR) is 139 cm³/mol. The zero-order chi connectivity index (χ0) is 30.7. The topological polar surface area (TPSA) is 79.0 Å². The van der Waals surface area contributed by atoms with Gasteiger partial charge in [-0.1, -0.05) is 18.2 Å². The Kier molecular flexibility index (Phi) is 9.49. The molecule has 2 aromatic carbocycles. The number of benzene rings is 2. The molecular formula is C29H31F6N3O4. The molecule has 0 radical (unpaired) electrons. The van der Waals surface area contributed by atoms with Crippen molar-refractivity contribution in [2.45, 2.75) is 50.0 Å². The number of methoxy groups -OCH3 is 1. The summed E-state index contributed by atoms with van der Waals surface area (Å²) in [5, 5.41) is 2.61. The van der Waals surface area contributed by atoms with E-state index >= 15 is 0 Å². The van der Waals surface area contributed by atoms with Gasteiger partial charge in [0.2, 0.25) is 11.8 Å². The fourth-order valence-corrected chi connectivity index (χ4v) is 5.55. The average Bonchev–Trinajstić information content (AvgIpc) is 2.95. The molecule has 0 saturated carbocycles. The Morgan fingerprint density at radius 2 is 1.57 bits per heavy atom. The fraction of sp³-hybridized carbons (Fsp3) is 0.483. The number of rotatable bonds is 8. The van der Waals surface area contributed by atoms with Crippen LogP contribution in [-0.2, 0) is 26.7 Å². The van der Waals surface area contributed by atoms with Gasteiger partial charge in [-0.15, -0.1) is 0 Å². The van der Waals surface area contributed by atoms with Crippen LogP contribution < -0.4 is 5.32 Å². The molecule has 2 aromatic rings. The lowest BCUT2D eigenvalue weighted by Crippen LogP contribution is -2.49. The summed E-state index contributed by atoms with van der Waals surface area (Å²) in [5.41, 5.74) is -3.42. The number of halogens is 6. The van der Waals surface area contributed by atoms with Gasteiger partial charge in [0.05, 0.1) is 29.7 Å². The van der Waals surface area contributed by atoms with E-state index in [-0.39, 0.29) is 49.2 Å². The Labute approximate surface area is 238 Å². The van der Waals surface area contributed by atoms with Gasteiger partial charge in [0.15, 0.2) is 0 Å². The minimum absolute atomic E-state index is 0.0000187. The summed E-state index contributed by atoms with van der Waals surface area (Å²) in [5.74, 6) is -3.07. The number of piperidine rings is 1. The number of hydrogen-bond acceptors (Lipinski definition) is 4. The zero-order valence-electron chi connectivity index (χ0n) is 22.9. The quantitative estimate of drug-likeness (QED) is 0.336. The monoisotopic (exact) mass is 599 g/mol. The normalized spacial score (nSPS) is 19.5. The van der Waals surface area contributed by atoms with Crippen LogP contribution in [0.5, 0.6) is 0 Å². The van der Waals surface area contributed by atoms with Crippen LogP contribution in [0.2, 0.25) is 0 Å². The number of hydrogen-bond donors (Lipinski definition) is 1. The van der Waals surface area contributed by atoms with Crippen molar-refractivity contribution in [1.82, 2.24) is 15.1 Å². The molecule has 4 rings (SSSR count). The van der Waals surface area contributed by atoms with Gasteiger partial charge >= 0.3 is 12.4 Å². The lowest BCUT2D eigenvalue weighted by Gasteiger charge is -2.42. The highest BCUT2D eigenvalue weighted by atomic mass is 19.4. The highest BCUT2D eigenvalue weighted by molar-refractivity contribution is 6.01. The SMILES string of the molecule is COCCNC(=O)C1c2ccccc2C(=O)N(CCC(=O)N2CCCCC2)C1c1cc(C(F)(F)F)cc(C(F)(F)F)c1. The lowest BCUT2D eigenvalue weighted by atomic mass is 9.78. The first-order valence-corrected chi connectivity index (χ1v) is 13.6. The molecule has 2 atom stereocenters. The molecule has 13 heteroatoms. The van der Waals surface area contributed by atoms with E-state index in [1.54, 1.807) is 11.0 Å². The minimum Gasteiger partial charge on any atom is -0.383 e. The Balaban J connectivity index is 1.86. The summed E-state index contributed by atoms with van der Waals surface area (Å²) >= 11 is 0. The maximum Gasteiger partial charge on any atom is 0.416 e. The molecular weight excluding hydrogens is 568 g/mol. The first-order chi connectivity index (χ1) is 19.8. The number of nitrogens with zero attached hydrogens (tertiary/aromatic N) is 2. The van der Waals surface area contributed by atoms with Crippen molar-refractivity contribution in [3.63, 3.8) is 0 Å². The molecule has 2 unspecified atom stereocenters. The van der Waals surface area contributed by atoms with Crippen LogP contribution >= 0.6 is 0 Å². The van der Waals surface area contributed by atoms with Crippen LogP contribution in [0.3, 0.4) is 0 Å². The van der Waals surface area contributed by atoms with E-state index < -0.39 is 52.8 Å². The molecule has 0 aliphatic carbocycles. The van der Waals surface area contributed by atoms with Gasteiger partial charge in [-0.3, -0.25) is 14.4 Å². The van der Waals surface area contributed by atoms with E-state index in [0.717, 1.165) is 24.2 Å². The number of amides is 3. The third-order valence-electron chi connectivity index (χ3n) is 7.55. The number of nitrogens with one attached hydrogen (secondary N) is 1. The second-order valence-corrected chi connectivity index (χ2v) is 10.3. The van der Waals surface area contributed by atoms with E-state index in [9.17, 15) is 40.7 Å². The highest BCUT2D eigenvalue weighted by Crippen LogP contribution is 2.46. The van der Waals surface area contributed by atoms with E-state index in [2.05, 4.69) is 5.32 Å². The molecule has 1 fully saturated rings. The van der Waals surface area contributed by atoms with Gasteiger partial charge in [-0.05, 0) is 54.7 Å². The molecule has 7 nitrogen and oxygen atoms in total. The van der Waals surface area contributed by atoms with E-state index in [0.29, 0.717) is 25.2 Å². The standard InChI is InChI=1S/C29H31F6N3O4/c1-42-14-10-36-26(40)24-21-7-3-4-8-22(21)27(41)38(13-9-23(39)37-11-5-2-6-12-37)25(24)18-15-19(28(30,31)32)17-20(16-18)29(33,34)35/h3-4,7-8,15-17,24-25H,2,5-6,9-14H2,1H3,(H,36,40). The third-order valence-corrected chi connectivity index (χ3v) is 7.55. The first kappa shape index (κ1) is 31.3. The van der Waals surface area contributed by atoms with Gasteiger partial charge in [0.1, 0.15) is 0 Å². The van der Waals surface area contributed by atoms with Gasteiger partial charge in [-0.25, -0.2) is 0 Å². The van der Waals surface area contributed by atoms with Crippen LogP contribution in [0.25, 0.3) is 0 Å². The van der Waals surface area contributed by atoms with E-state index in [1.807, 2.05) is 0 Å². The van der Waals surface area contributed by atoms with Crippen molar-refractivity contribution in [3.05, 3.63) is 70.3 Å². The van der Waals surface area contributed by atoms with Crippen molar-refractivity contribution >= 4 is 17.7 Å². The molecule has 1 N–H and O–H groups in total. The molecule has 228 valence electrons. The van der Waals surface area contributed by atoms with Crippen LogP contribution in [0.4, 0.5) is 26.3 Å². The predicted octanol–water partition coefficient (Wildman–Crippen LogP) is 5.17. The Bertz CT molecular complexity index is 1270. The Morgan fingerprint density at radius 1 is 0.952 bits per heavy atom. The van der Waals surface area contributed by atoms with Crippen molar-refractivity contribution in [3.8, 4) is 0 Å². The van der Waals surface area contributed by atoms with Gasteiger partial charge in [-0.2, -0.15) is 26.3 Å². The second-order valence-electron chi connectivity index (χ2n) is 10.3. The van der Waals surface area contributed by atoms with Crippen LogP contribution in [0.15, 0.2) is 42.5 Å². The molecule has 0 aromatic heterocycles. The smallest absolute Gasteiger partial charge is 0.383 e. The summed E-state index contributed by atoms with van der Waals surface area (Å²) < 4.78 is 88.0. The zero-order valence-corrected chi connectivity index (χ0v) is 22.9. The average molecular weight is 600 g/mol. The molecule has 3 amide bonds. The molecule has 0 spiro atoms.